The predicted molar refractivity (Wildman–Crippen MR) is 184 cm³/mol. The fourth-order valence-electron chi connectivity index (χ4n) is 8.43. The lowest BCUT2D eigenvalue weighted by Crippen LogP contribution is -2.57. The molecule has 13 nitrogen and oxygen atoms in total. The predicted octanol–water partition coefficient (Wildman–Crippen LogP) is 3.49. The van der Waals surface area contributed by atoms with Gasteiger partial charge in [-0.25, -0.2) is 4.98 Å². The minimum absolute atomic E-state index is 0.0756. The number of hydrogen-bond donors (Lipinski definition) is 4. The van der Waals surface area contributed by atoms with Gasteiger partial charge in [0.25, 0.3) is 17.4 Å². The van der Waals surface area contributed by atoms with Crippen molar-refractivity contribution in [3.8, 4) is 0 Å². The van der Waals surface area contributed by atoms with E-state index in [4.69, 9.17) is 0 Å². The van der Waals surface area contributed by atoms with Crippen molar-refractivity contribution in [2.75, 3.05) is 11.9 Å². The number of carbonyl (C=O) groups is 5. The average molecular weight is 678 g/mol. The summed E-state index contributed by atoms with van der Waals surface area (Å²) in [5.74, 6) is -1.42. The summed E-state index contributed by atoms with van der Waals surface area (Å²) in [6.45, 7) is 6.19. The fourth-order valence-corrected chi connectivity index (χ4v) is 8.43. The van der Waals surface area contributed by atoms with Crippen LogP contribution in [0, 0.1) is 17.8 Å². The monoisotopic (exact) mass is 677 g/mol. The van der Waals surface area contributed by atoms with Crippen molar-refractivity contribution in [2.45, 2.75) is 122 Å². The minimum Gasteiger partial charge on any atom is -0.350 e. The van der Waals surface area contributed by atoms with Crippen molar-refractivity contribution in [1.82, 2.24) is 30.1 Å². The summed E-state index contributed by atoms with van der Waals surface area (Å²) in [6, 6.07) is 2.01. The number of anilines is 1. The van der Waals surface area contributed by atoms with Crippen LogP contribution < -0.4 is 26.8 Å². The molecule has 5 unspecified atom stereocenters. The number of ketones is 1. The van der Waals surface area contributed by atoms with Gasteiger partial charge in [-0.1, -0.05) is 33.1 Å². The van der Waals surface area contributed by atoms with Crippen LogP contribution in [0.2, 0.25) is 0 Å². The first-order valence-electron chi connectivity index (χ1n) is 18.0. The molecule has 49 heavy (non-hydrogen) atoms. The van der Waals surface area contributed by atoms with Crippen LogP contribution in [-0.4, -0.2) is 61.7 Å². The van der Waals surface area contributed by atoms with Crippen LogP contribution in [0.1, 0.15) is 114 Å². The number of rotatable bonds is 14. The molecule has 3 fully saturated rings. The van der Waals surface area contributed by atoms with Gasteiger partial charge in [0.05, 0.1) is 6.33 Å². The van der Waals surface area contributed by atoms with Crippen molar-refractivity contribution in [1.29, 1.82) is 0 Å². The first-order valence-corrected chi connectivity index (χ1v) is 18.0. The first kappa shape index (κ1) is 36.0. The average Bonchev–Trinajstić information content (AvgIpc) is 3.77. The standard InChI is InChI=1S/C36H51N7O6/c1-4-24-16-25-15-23(3)17-36(18-24,19-25)41-31(45)21-42-14-8-11-28(35(42)49)40-32(46)27(12-13-30(44)34(48)37-5-2)39-33(47)29-20-43(22-38-29)26-9-6-7-10-26/h8,11,14,20,22-27H,4-7,9-10,12-13,15-19,21H2,1-3H3,(H,37,48)(H,39,47)(H,40,46)(H,41,45). The minimum atomic E-state index is -1.25. The third-order valence-corrected chi connectivity index (χ3v) is 10.5. The van der Waals surface area contributed by atoms with Crippen molar-refractivity contribution in [3.63, 3.8) is 0 Å². The molecule has 0 radical (unpaired) electrons. The lowest BCUT2D eigenvalue weighted by atomic mass is 9.60. The van der Waals surface area contributed by atoms with Crippen molar-refractivity contribution in [3.05, 3.63) is 46.9 Å². The second kappa shape index (κ2) is 15.9. The number of aromatic nitrogens is 3. The molecule has 2 heterocycles. The Kier molecular flexibility index (Phi) is 11.7. The number of carbonyl (C=O) groups excluding carboxylic acids is 5. The van der Waals surface area contributed by atoms with E-state index in [9.17, 15) is 28.8 Å². The second-order valence-corrected chi connectivity index (χ2v) is 14.5. The van der Waals surface area contributed by atoms with Crippen LogP contribution in [0.25, 0.3) is 0 Å². The molecule has 3 aliphatic carbocycles. The first-order chi connectivity index (χ1) is 23.5. The number of nitrogens with zero attached hydrogens (tertiary/aromatic N) is 3. The van der Waals surface area contributed by atoms with Gasteiger partial charge in [-0.15, -0.1) is 0 Å². The molecular formula is C36H51N7O6. The summed E-state index contributed by atoms with van der Waals surface area (Å²) in [5, 5.41) is 11.0. The lowest BCUT2D eigenvalue weighted by molar-refractivity contribution is -0.138. The molecule has 3 aliphatic rings. The van der Waals surface area contributed by atoms with E-state index in [1.54, 1.807) is 25.5 Å². The maximum Gasteiger partial charge on any atom is 0.287 e. The highest BCUT2D eigenvalue weighted by Crippen LogP contribution is 2.48. The maximum atomic E-state index is 13.6. The third-order valence-electron chi connectivity index (χ3n) is 10.5. The number of Topliss-reactive ketones (excluding diaryl/α,β-unsaturated/α-hetero) is 1. The highest BCUT2D eigenvalue weighted by atomic mass is 16.2. The Bertz CT molecular complexity index is 1590. The summed E-state index contributed by atoms with van der Waals surface area (Å²) >= 11 is 0. The Morgan fingerprint density at radius 2 is 1.84 bits per heavy atom. The van der Waals surface area contributed by atoms with Gasteiger partial charge in [-0.3, -0.25) is 28.8 Å². The van der Waals surface area contributed by atoms with Crippen LogP contribution in [-0.2, 0) is 25.7 Å². The molecule has 4 amide bonds. The molecule has 266 valence electrons. The Morgan fingerprint density at radius 1 is 1.06 bits per heavy atom. The summed E-state index contributed by atoms with van der Waals surface area (Å²) in [6.07, 6.45) is 14.8. The topological polar surface area (TPSA) is 173 Å². The summed E-state index contributed by atoms with van der Waals surface area (Å²) in [4.78, 5) is 82.4. The molecule has 5 rings (SSSR count). The smallest absolute Gasteiger partial charge is 0.287 e. The molecule has 0 aliphatic heterocycles. The van der Waals surface area contributed by atoms with Gasteiger partial charge in [-0.2, -0.15) is 0 Å². The van der Waals surface area contributed by atoms with Gasteiger partial charge < -0.3 is 30.4 Å². The Balaban J connectivity index is 1.27. The van der Waals surface area contributed by atoms with E-state index in [-0.39, 0.29) is 54.8 Å². The number of likely N-dealkylation sites (N-methyl/N-ethyl adjacent to an activating group) is 1. The van der Waals surface area contributed by atoms with Gasteiger partial charge >= 0.3 is 0 Å². The Hall–Kier alpha value is -4.29. The fraction of sp³-hybridized carbons (Fsp3) is 0.639. The molecule has 2 aromatic heterocycles. The quantitative estimate of drug-likeness (QED) is 0.222. The Labute approximate surface area is 287 Å². The zero-order valence-corrected chi connectivity index (χ0v) is 29.0. The van der Waals surface area contributed by atoms with E-state index >= 15 is 0 Å². The van der Waals surface area contributed by atoms with Crippen LogP contribution in [0.3, 0.4) is 0 Å². The van der Waals surface area contributed by atoms with Gasteiger partial charge in [0, 0.05) is 36.9 Å². The second-order valence-electron chi connectivity index (χ2n) is 14.5. The third kappa shape index (κ3) is 9.04. The molecule has 0 spiro atoms. The van der Waals surface area contributed by atoms with E-state index < -0.39 is 35.1 Å². The largest absolute Gasteiger partial charge is 0.350 e. The molecule has 5 atom stereocenters. The van der Waals surface area contributed by atoms with Gasteiger partial charge in [-0.05, 0) is 88.2 Å². The summed E-state index contributed by atoms with van der Waals surface area (Å²) in [5.41, 5.74) is -0.799. The van der Waals surface area contributed by atoms with E-state index in [1.807, 2.05) is 4.57 Å². The van der Waals surface area contributed by atoms with E-state index in [2.05, 4.69) is 40.1 Å². The molecule has 13 heteroatoms. The van der Waals surface area contributed by atoms with Gasteiger partial charge in [0.15, 0.2) is 0 Å². The Morgan fingerprint density at radius 3 is 2.57 bits per heavy atom. The summed E-state index contributed by atoms with van der Waals surface area (Å²) < 4.78 is 3.16. The number of pyridine rings is 1. The van der Waals surface area contributed by atoms with Gasteiger partial charge in [0.1, 0.15) is 24.0 Å². The van der Waals surface area contributed by atoms with E-state index in [0.717, 1.165) is 51.4 Å². The van der Waals surface area contributed by atoms with E-state index in [1.165, 1.54) is 29.7 Å². The number of imidazole rings is 1. The van der Waals surface area contributed by atoms with Crippen LogP contribution >= 0.6 is 0 Å². The van der Waals surface area contributed by atoms with E-state index in [0.29, 0.717) is 17.8 Å². The molecule has 4 N–H and O–H groups in total. The summed E-state index contributed by atoms with van der Waals surface area (Å²) in [7, 11) is 0. The van der Waals surface area contributed by atoms with Crippen LogP contribution in [0.15, 0.2) is 35.6 Å². The molecule has 3 saturated carbocycles. The number of fused-ring (bicyclic) bond motifs is 2. The normalized spacial score (nSPS) is 24.1. The zero-order chi connectivity index (χ0) is 35.1. The SMILES string of the molecule is CCNC(=O)C(=O)CCC(NC(=O)c1cn(C2CCCC2)cn1)C(=O)Nc1cccn(CC(=O)NC23CC(C)CC(CC(CC)C2)C3)c1=O. The zero-order valence-electron chi connectivity index (χ0n) is 29.0. The van der Waals surface area contributed by atoms with Crippen molar-refractivity contribution >= 4 is 35.1 Å². The van der Waals surface area contributed by atoms with Crippen molar-refractivity contribution < 1.29 is 24.0 Å². The maximum absolute atomic E-state index is 13.6. The molecule has 2 bridgehead atoms. The van der Waals surface area contributed by atoms with Crippen LogP contribution in [0.5, 0.6) is 0 Å². The molecule has 2 aromatic rings. The highest BCUT2D eigenvalue weighted by molar-refractivity contribution is 6.36. The highest BCUT2D eigenvalue weighted by Gasteiger charge is 2.45. The molecular weight excluding hydrogens is 626 g/mol. The number of nitrogens with one attached hydrogen (secondary N) is 4. The molecule has 0 aromatic carbocycles. The van der Waals surface area contributed by atoms with Crippen molar-refractivity contribution in [2.24, 2.45) is 17.8 Å². The number of amides is 4. The molecule has 0 saturated heterocycles. The van der Waals surface area contributed by atoms with Crippen LogP contribution in [0.4, 0.5) is 5.69 Å². The lowest BCUT2D eigenvalue weighted by Gasteiger charge is -2.51. The number of hydrogen-bond acceptors (Lipinski definition) is 7. The van der Waals surface area contributed by atoms with Gasteiger partial charge in [0.2, 0.25) is 17.6 Å².